The summed E-state index contributed by atoms with van der Waals surface area (Å²) >= 11 is 0. The van der Waals surface area contributed by atoms with Crippen LogP contribution in [0.15, 0.2) is 59.3 Å². The molecule has 0 atom stereocenters. The zero-order chi connectivity index (χ0) is 19.1. The highest BCUT2D eigenvalue weighted by atomic mass is 31.2. The fourth-order valence-electron chi connectivity index (χ4n) is 2.50. The number of hydrogen-bond acceptors (Lipinski definition) is 7. The first-order chi connectivity index (χ1) is 13.2. The number of nitrogens with one attached hydrogen (secondary N) is 1. The third kappa shape index (κ3) is 4.63. The summed E-state index contributed by atoms with van der Waals surface area (Å²) in [6, 6.07) is 13.2. The maximum Gasteiger partial charge on any atom is 0.385 e. The van der Waals surface area contributed by atoms with Crippen LogP contribution >= 0.6 is 7.60 Å². The molecule has 0 fully saturated rings. The van der Waals surface area contributed by atoms with Gasteiger partial charge in [-0.05, 0) is 37.6 Å². The van der Waals surface area contributed by atoms with Gasteiger partial charge in [0, 0.05) is 24.5 Å². The average Bonchev–Trinajstić information content (AvgIpc) is 3.13. The molecule has 0 radical (unpaired) electrons. The summed E-state index contributed by atoms with van der Waals surface area (Å²) in [5, 5.41) is 3.14. The quantitative estimate of drug-likeness (QED) is 0.550. The van der Waals surface area contributed by atoms with Gasteiger partial charge in [-0.1, -0.05) is 24.3 Å². The van der Waals surface area contributed by atoms with Gasteiger partial charge >= 0.3 is 7.60 Å². The summed E-state index contributed by atoms with van der Waals surface area (Å²) in [6.07, 6.45) is 3.45. The van der Waals surface area contributed by atoms with Gasteiger partial charge in [0.1, 0.15) is 0 Å². The van der Waals surface area contributed by atoms with Gasteiger partial charge in [-0.15, -0.1) is 0 Å². The van der Waals surface area contributed by atoms with Gasteiger partial charge in [-0.3, -0.25) is 9.55 Å². The number of aromatic nitrogens is 2. The number of rotatable bonds is 9. The maximum atomic E-state index is 13.3. The zero-order valence-corrected chi connectivity index (χ0v) is 16.2. The molecule has 0 unspecified atom stereocenters. The Hall–Kier alpha value is -2.47. The Balaban J connectivity index is 1.98. The van der Waals surface area contributed by atoms with E-state index in [4.69, 9.17) is 13.5 Å². The summed E-state index contributed by atoms with van der Waals surface area (Å²) < 4.78 is 30.1. The summed E-state index contributed by atoms with van der Waals surface area (Å²) in [5.41, 5.74) is 1.87. The third-order valence-corrected chi connectivity index (χ3v) is 5.68. The smallest absolute Gasteiger partial charge is 0.385 e. The lowest BCUT2D eigenvalue weighted by atomic mass is 10.2. The minimum Gasteiger partial charge on any atom is -0.420 e. The first kappa shape index (κ1) is 19.3. The molecule has 0 aliphatic carbocycles. The van der Waals surface area contributed by atoms with Gasteiger partial charge in [0.25, 0.3) is 0 Å². The molecule has 0 saturated heterocycles. The van der Waals surface area contributed by atoms with Crippen molar-refractivity contribution in [1.29, 1.82) is 0 Å². The molecule has 27 heavy (non-hydrogen) atoms. The van der Waals surface area contributed by atoms with Gasteiger partial charge in [0.2, 0.25) is 17.2 Å². The standard InChI is InChI=1S/C19H22N3O4P/c1-3-24-27(23,25-4-2)19-18(21-14-15-9-8-12-20-13-15)26-17(22-19)16-10-6-5-7-11-16/h5-13,21H,3-4,14H2,1-2H3. The summed E-state index contributed by atoms with van der Waals surface area (Å²) in [5.74, 6) is 0.613. The van der Waals surface area contributed by atoms with Crippen LogP contribution in [0.4, 0.5) is 5.88 Å². The van der Waals surface area contributed by atoms with E-state index in [2.05, 4.69) is 15.3 Å². The van der Waals surface area contributed by atoms with Crippen LogP contribution in [0.1, 0.15) is 19.4 Å². The molecule has 0 aliphatic heterocycles. The fraction of sp³-hybridized carbons (Fsp3) is 0.263. The van der Waals surface area contributed by atoms with E-state index in [-0.39, 0.29) is 24.5 Å². The third-order valence-electron chi connectivity index (χ3n) is 3.66. The topological polar surface area (TPSA) is 86.5 Å². The molecule has 3 aromatic rings. The van der Waals surface area contributed by atoms with Crippen molar-refractivity contribution in [1.82, 2.24) is 9.97 Å². The Kier molecular flexibility index (Phi) is 6.40. The highest BCUT2D eigenvalue weighted by Crippen LogP contribution is 2.49. The van der Waals surface area contributed by atoms with Crippen molar-refractivity contribution in [2.24, 2.45) is 0 Å². The van der Waals surface area contributed by atoms with Crippen LogP contribution in [0, 0.1) is 0 Å². The molecule has 0 spiro atoms. The van der Waals surface area contributed by atoms with Crippen LogP contribution in [0.25, 0.3) is 11.5 Å². The second kappa shape index (κ2) is 8.95. The van der Waals surface area contributed by atoms with E-state index in [0.717, 1.165) is 11.1 Å². The normalized spacial score (nSPS) is 11.5. The molecule has 7 nitrogen and oxygen atoms in total. The van der Waals surface area contributed by atoms with Crippen molar-refractivity contribution in [2.45, 2.75) is 20.4 Å². The van der Waals surface area contributed by atoms with E-state index < -0.39 is 7.60 Å². The van der Waals surface area contributed by atoms with Crippen LogP contribution in [-0.2, 0) is 20.2 Å². The Morgan fingerprint density at radius 2 is 1.81 bits per heavy atom. The lowest BCUT2D eigenvalue weighted by Gasteiger charge is -2.15. The largest absolute Gasteiger partial charge is 0.420 e. The average molecular weight is 387 g/mol. The molecule has 8 heteroatoms. The number of benzene rings is 1. The van der Waals surface area contributed by atoms with Gasteiger partial charge < -0.3 is 18.8 Å². The lowest BCUT2D eigenvalue weighted by Crippen LogP contribution is -2.16. The van der Waals surface area contributed by atoms with E-state index >= 15 is 0 Å². The number of nitrogens with zero attached hydrogens (tertiary/aromatic N) is 2. The Bertz CT molecular complexity index is 890. The predicted octanol–water partition coefficient (Wildman–Crippen LogP) is 4.24. The molecule has 1 N–H and O–H groups in total. The predicted molar refractivity (Wildman–Crippen MR) is 104 cm³/mol. The van der Waals surface area contributed by atoms with Crippen molar-refractivity contribution in [3.05, 3.63) is 60.4 Å². The SMILES string of the molecule is CCOP(=O)(OCC)c1nc(-c2ccccc2)oc1NCc1cccnc1. The highest BCUT2D eigenvalue weighted by molar-refractivity contribution is 7.62. The van der Waals surface area contributed by atoms with Crippen LogP contribution < -0.4 is 10.8 Å². The molecule has 0 saturated carbocycles. The van der Waals surface area contributed by atoms with E-state index in [1.165, 1.54) is 0 Å². The number of hydrogen-bond donors (Lipinski definition) is 1. The molecule has 0 aliphatic rings. The molecule has 0 bridgehead atoms. The molecule has 3 rings (SSSR count). The molecule has 2 heterocycles. The number of oxazole rings is 1. The molecular formula is C19H22N3O4P. The highest BCUT2D eigenvalue weighted by Gasteiger charge is 2.35. The minimum atomic E-state index is -3.61. The minimum absolute atomic E-state index is 0.147. The van der Waals surface area contributed by atoms with E-state index in [9.17, 15) is 4.57 Å². The second-order valence-electron chi connectivity index (χ2n) is 5.59. The van der Waals surface area contributed by atoms with E-state index in [0.29, 0.717) is 12.4 Å². The van der Waals surface area contributed by atoms with Crippen LogP contribution in [0.2, 0.25) is 0 Å². The summed E-state index contributed by atoms with van der Waals surface area (Å²) in [7, 11) is -3.61. The zero-order valence-electron chi connectivity index (χ0n) is 15.3. The molecule has 0 amide bonds. The van der Waals surface area contributed by atoms with Crippen LogP contribution in [0.3, 0.4) is 0 Å². The van der Waals surface area contributed by atoms with Crippen LogP contribution in [-0.4, -0.2) is 23.2 Å². The molecule has 1 aromatic carbocycles. The van der Waals surface area contributed by atoms with Crippen molar-refractivity contribution in [3.8, 4) is 11.5 Å². The first-order valence-corrected chi connectivity index (χ1v) is 10.3. The van der Waals surface area contributed by atoms with Gasteiger partial charge in [0.15, 0.2) is 0 Å². The Morgan fingerprint density at radius 3 is 2.44 bits per heavy atom. The Labute approximate surface area is 158 Å². The number of pyridine rings is 1. The van der Waals surface area contributed by atoms with Crippen molar-refractivity contribution >= 4 is 18.9 Å². The maximum absolute atomic E-state index is 13.3. The van der Waals surface area contributed by atoms with E-state index in [1.54, 1.807) is 26.2 Å². The van der Waals surface area contributed by atoms with E-state index in [1.807, 2.05) is 42.5 Å². The van der Waals surface area contributed by atoms with Gasteiger partial charge in [0.05, 0.1) is 13.2 Å². The summed E-state index contributed by atoms with van der Waals surface area (Å²) in [6.45, 7) is 4.40. The first-order valence-electron chi connectivity index (χ1n) is 8.75. The molecular weight excluding hydrogens is 365 g/mol. The lowest BCUT2D eigenvalue weighted by molar-refractivity contribution is 0.229. The van der Waals surface area contributed by atoms with Gasteiger partial charge in [-0.2, -0.15) is 4.98 Å². The van der Waals surface area contributed by atoms with Crippen molar-refractivity contribution in [3.63, 3.8) is 0 Å². The molecule has 2 aromatic heterocycles. The fourth-order valence-corrected chi connectivity index (χ4v) is 4.09. The van der Waals surface area contributed by atoms with Crippen molar-refractivity contribution in [2.75, 3.05) is 18.5 Å². The van der Waals surface area contributed by atoms with Crippen LogP contribution in [0.5, 0.6) is 0 Å². The Morgan fingerprint density at radius 1 is 1.07 bits per heavy atom. The van der Waals surface area contributed by atoms with Gasteiger partial charge in [-0.25, -0.2) is 0 Å². The summed E-state index contributed by atoms with van der Waals surface area (Å²) in [4.78, 5) is 8.53. The number of anilines is 1. The monoisotopic (exact) mass is 387 g/mol. The van der Waals surface area contributed by atoms with Crippen molar-refractivity contribution < 1.29 is 18.0 Å². The molecule has 142 valence electrons. The second-order valence-corrected chi connectivity index (χ2v) is 7.52.